The molecule has 0 saturated carbocycles. The number of ether oxygens (including phenoxy) is 1. The molecule has 92 valence electrons. The second-order valence-electron chi connectivity index (χ2n) is 4.12. The van der Waals surface area contributed by atoms with Crippen molar-refractivity contribution in [2.45, 2.75) is 40.5 Å². The average molecular weight is 230 g/mol. The second-order valence-corrected chi connectivity index (χ2v) is 4.12. The first kappa shape index (κ1) is 13.6. The van der Waals surface area contributed by atoms with Gasteiger partial charge in [-0.2, -0.15) is 0 Å². The fraction of sp³-hybridized carbons (Fsp3) is 0.375. The molecule has 0 saturated heterocycles. The van der Waals surface area contributed by atoms with E-state index in [-0.39, 0.29) is 0 Å². The summed E-state index contributed by atoms with van der Waals surface area (Å²) < 4.78 is 5.73. The van der Waals surface area contributed by atoms with Crippen molar-refractivity contribution in [3.63, 3.8) is 0 Å². The van der Waals surface area contributed by atoms with Gasteiger partial charge in [-0.15, -0.1) is 0 Å². The van der Waals surface area contributed by atoms with Crippen molar-refractivity contribution in [1.29, 1.82) is 0 Å². The minimum absolute atomic E-state index is 0.957. The minimum Gasteiger partial charge on any atom is -0.465 e. The Bertz CT molecular complexity index is 414. The van der Waals surface area contributed by atoms with Gasteiger partial charge in [-0.3, -0.25) is 0 Å². The fourth-order valence-electron chi connectivity index (χ4n) is 1.64. The van der Waals surface area contributed by atoms with Crippen LogP contribution in [0.1, 0.15) is 43.4 Å². The molecule has 0 spiro atoms. The number of hydrogen-bond donors (Lipinski definition) is 0. The lowest BCUT2D eigenvalue weighted by Gasteiger charge is -2.11. The number of rotatable bonds is 5. The van der Waals surface area contributed by atoms with Crippen molar-refractivity contribution in [2.24, 2.45) is 0 Å². The SMILES string of the molecule is CC/C=C(\O/C=C/CC)c1cccc(C)c1C. The quantitative estimate of drug-likeness (QED) is 0.647. The molecule has 0 radical (unpaired) electrons. The second kappa shape index (κ2) is 6.95. The fourth-order valence-corrected chi connectivity index (χ4v) is 1.64. The van der Waals surface area contributed by atoms with E-state index in [1.54, 1.807) is 6.26 Å². The largest absolute Gasteiger partial charge is 0.465 e. The van der Waals surface area contributed by atoms with Gasteiger partial charge in [0.05, 0.1) is 6.26 Å². The molecule has 1 heteroatoms. The zero-order valence-electron chi connectivity index (χ0n) is 11.3. The lowest BCUT2D eigenvalue weighted by molar-refractivity contribution is 0.432. The summed E-state index contributed by atoms with van der Waals surface area (Å²) in [6, 6.07) is 6.32. The third kappa shape index (κ3) is 3.77. The molecule has 0 fully saturated rings. The number of aryl methyl sites for hydroxylation is 1. The highest BCUT2D eigenvalue weighted by molar-refractivity contribution is 5.64. The first-order valence-corrected chi connectivity index (χ1v) is 6.29. The first-order valence-electron chi connectivity index (χ1n) is 6.29. The molecular formula is C16H22O. The summed E-state index contributed by atoms with van der Waals surface area (Å²) >= 11 is 0. The Labute approximate surface area is 105 Å². The van der Waals surface area contributed by atoms with Gasteiger partial charge in [0.25, 0.3) is 0 Å². The van der Waals surface area contributed by atoms with E-state index in [2.05, 4.69) is 52.0 Å². The predicted octanol–water partition coefficient (Wildman–Crippen LogP) is 4.99. The molecule has 0 N–H and O–H groups in total. The van der Waals surface area contributed by atoms with Crippen LogP contribution in [0.25, 0.3) is 5.76 Å². The molecule has 1 aromatic rings. The molecule has 1 nitrogen and oxygen atoms in total. The van der Waals surface area contributed by atoms with E-state index in [0.717, 1.165) is 18.6 Å². The third-order valence-corrected chi connectivity index (χ3v) is 2.79. The zero-order chi connectivity index (χ0) is 12.7. The van der Waals surface area contributed by atoms with E-state index >= 15 is 0 Å². The summed E-state index contributed by atoms with van der Waals surface area (Å²) in [6.07, 6.45) is 7.90. The highest BCUT2D eigenvalue weighted by atomic mass is 16.5. The summed E-state index contributed by atoms with van der Waals surface area (Å²) in [4.78, 5) is 0. The van der Waals surface area contributed by atoms with Crippen LogP contribution in [0.5, 0.6) is 0 Å². The van der Waals surface area contributed by atoms with Crippen LogP contribution in [0.15, 0.2) is 36.6 Å². The molecule has 0 atom stereocenters. The van der Waals surface area contributed by atoms with Crippen LogP contribution < -0.4 is 0 Å². The maximum Gasteiger partial charge on any atom is 0.130 e. The standard InChI is InChI=1S/C16H22O/c1-5-7-12-17-16(9-6-2)15-11-8-10-13(3)14(15)4/h7-12H,5-6H2,1-4H3/b12-7+,16-9-. The van der Waals surface area contributed by atoms with Crippen molar-refractivity contribution in [1.82, 2.24) is 0 Å². The highest BCUT2D eigenvalue weighted by Gasteiger charge is 2.06. The van der Waals surface area contributed by atoms with Crippen molar-refractivity contribution in [2.75, 3.05) is 0 Å². The lowest BCUT2D eigenvalue weighted by Crippen LogP contribution is -1.93. The Kier molecular flexibility index (Phi) is 5.55. The molecule has 0 aliphatic rings. The van der Waals surface area contributed by atoms with Crippen LogP contribution in [0, 0.1) is 13.8 Å². The van der Waals surface area contributed by atoms with E-state index in [0.29, 0.717) is 0 Å². The molecule has 0 amide bonds. The molecule has 0 bridgehead atoms. The topological polar surface area (TPSA) is 9.23 Å². The molecule has 0 unspecified atom stereocenters. The van der Waals surface area contributed by atoms with Crippen molar-refractivity contribution >= 4 is 5.76 Å². The van der Waals surface area contributed by atoms with E-state index in [1.807, 2.05) is 6.08 Å². The van der Waals surface area contributed by atoms with Gasteiger partial charge in [0.15, 0.2) is 0 Å². The predicted molar refractivity (Wildman–Crippen MR) is 74.7 cm³/mol. The molecule has 0 aromatic heterocycles. The van der Waals surface area contributed by atoms with Crippen molar-refractivity contribution < 1.29 is 4.74 Å². The summed E-state index contributed by atoms with van der Waals surface area (Å²) in [5.41, 5.74) is 3.78. The van der Waals surface area contributed by atoms with Gasteiger partial charge in [-0.1, -0.05) is 32.0 Å². The van der Waals surface area contributed by atoms with Gasteiger partial charge in [-0.25, -0.2) is 0 Å². The molecule has 0 aliphatic carbocycles. The van der Waals surface area contributed by atoms with Crippen LogP contribution in [0.3, 0.4) is 0 Å². The Morgan fingerprint density at radius 3 is 2.59 bits per heavy atom. The van der Waals surface area contributed by atoms with E-state index in [1.165, 1.54) is 16.7 Å². The molecule has 17 heavy (non-hydrogen) atoms. The van der Waals surface area contributed by atoms with Crippen LogP contribution in [-0.4, -0.2) is 0 Å². The third-order valence-electron chi connectivity index (χ3n) is 2.79. The zero-order valence-corrected chi connectivity index (χ0v) is 11.3. The van der Waals surface area contributed by atoms with Gasteiger partial charge >= 0.3 is 0 Å². The maximum atomic E-state index is 5.73. The molecule has 1 rings (SSSR count). The van der Waals surface area contributed by atoms with Crippen molar-refractivity contribution in [3.8, 4) is 0 Å². The minimum atomic E-state index is 0.957. The van der Waals surface area contributed by atoms with E-state index in [9.17, 15) is 0 Å². The van der Waals surface area contributed by atoms with Gasteiger partial charge < -0.3 is 4.74 Å². The highest BCUT2D eigenvalue weighted by Crippen LogP contribution is 2.23. The summed E-state index contributed by atoms with van der Waals surface area (Å²) in [6.45, 7) is 8.49. The number of benzene rings is 1. The monoisotopic (exact) mass is 230 g/mol. The smallest absolute Gasteiger partial charge is 0.130 e. The van der Waals surface area contributed by atoms with Crippen LogP contribution in [0.2, 0.25) is 0 Å². The van der Waals surface area contributed by atoms with Gasteiger partial charge in [0.2, 0.25) is 0 Å². The molecule has 0 heterocycles. The van der Waals surface area contributed by atoms with E-state index < -0.39 is 0 Å². The molecule has 1 aromatic carbocycles. The summed E-state index contributed by atoms with van der Waals surface area (Å²) in [7, 11) is 0. The summed E-state index contributed by atoms with van der Waals surface area (Å²) in [5.74, 6) is 0.957. The van der Waals surface area contributed by atoms with Gasteiger partial charge in [-0.05, 0) is 50.0 Å². The Hall–Kier alpha value is -1.50. The van der Waals surface area contributed by atoms with Crippen molar-refractivity contribution in [3.05, 3.63) is 53.3 Å². The number of allylic oxidation sites excluding steroid dienone is 2. The normalized spacial score (nSPS) is 12.1. The van der Waals surface area contributed by atoms with Gasteiger partial charge in [0.1, 0.15) is 5.76 Å². The Morgan fingerprint density at radius 2 is 1.94 bits per heavy atom. The van der Waals surface area contributed by atoms with Crippen LogP contribution in [0.4, 0.5) is 0 Å². The first-order chi connectivity index (χ1) is 8.20. The maximum absolute atomic E-state index is 5.73. The average Bonchev–Trinajstić information content (AvgIpc) is 2.32. The Morgan fingerprint density at radius 1 is 1.18 bits per heavy atom. The Balaban J connectivity index is 3.02. The molecule has 0 aliphatic heterocycles. The molecular weight excluding hydrogens is 208 g/mol. The van der Waals surface area contributed by atoms with E-state index in [4.69, 9.17) is 4.74 Å². The van der Waals surface area contributed by atoms with Gasteiger partial charge in [0, 0.05) is 5.56 Å². The van der Waals surface area contributed by atoms with Crippen LogP contribution >= 0.6 is 0 Å². The number of hydrogen-bond acceptors (Lipinski definition) is 1. The lowest BCUT2D eigenvalue weighted by atomic mass is 10.0. The summed E-state index contributed by atoms with van der Waals surface area (Å²) in [5, 5.41) is 0. The van der Waals surface area contributed by atoms with Crippen LogP contribution in [-0.2, 0) is 4.74 Å².